The molecule has 1 heterocycles. The second-order valence-electron chi connectivity index (χ2n) is 5.94. The van der Waals surface area contributed by atoms with E-state index in [0.29, 0.717) is 5.82 Å². The van der Waals surface area contributed by atoms with Gasteiger partial charge in [0.05, 0.1) is 6.04 Å². The van der Waals surface area contributed by atoms with E-state index < -0.39 is 6.04 Å². The Morgan fingerprint density at radius 3 is 2.57 bits per heavy atom. The van der Waals surface area contributed by atoms with Crippen molar-refractivity contribution in [3.8, 4) is 0 Å². The van der Waals surface area contributed by atoms with E-state index in [1.807, 2.05) is 44.2 Å². The fourth-order valence-electron chi connectivity index (χ4n) is 2.35. The fourth-order valence-corrected chi connectivity index (χ4v) is 2.35. The minimum Gasteiger partial charge on any atom is -0.320 e. The lowest BCUT2D eigenvalue weighted by molar-refractivity contribution is -0.118. The maximum atomic E-state index is 12.1. The monoisotopic (exact) mass is 311 g/mol. The Hall–Kier alpha value is -2.20. The number of amides is 1. The number of hydrogen-bond donors (Lipinski definition) is 2. The van der Waals surface area contributed by atoms with Gasteiger partial charge in [-0.1, -0.05) is 50.6 Å². The lowest BCUT2D eigenvalue weighted by Crippen LogP contribution is -2.40. The molecule has 4 nitrogen and oxygen atoms in total. The van der Waals surface area contributed by atoms with Crippen molar-refractivity contribution in [2.45, 2.75) is 39.2 Å². The summed E-state index contributed by atoms with van der Waals surface area (Å²) in [5.74, 6) is 0.544. The Morgan fingerprint density at radius 2 is 1.87 bits per heavy atom. The van der Waals surface area contributed by atoms with Gasteiger partial charge in [-0.05, 0) is 42.0 Å². The van der Waals surface area contributed by atoms with Crippen molar-refractivity contribution in [1.82, 2.24) is 4.98 Å². The molecule has 1 aromatic carbocycles. The van der Waals surface area contributed by atoms with E-state index in [1.165, 1.54) is 5.56 Å². The number of nitrogens with two attached hydrogens (primary N) is 1. The van der Waals surface area contributed by atoms with E-state index in [2.05, 4.69) is 22.4 Å². The van der Waals surface area contributed by atoms with Crippen molar-refractivity contribution < 1.29 is 4.79 Å². The zero-order chi connectivity index (χ0) is 16.7. The first-order valence-corrected chi connectivity index (χ1v) is 8.15. The maximum Gasteiger partial charge on any atom is 0.242 e. The summed E-state index contributed by atoms with van der Waals surface area (Å²) in [4.78, 5) is 16.3. The Labute approximate surface area is 138 Å². The molecule has 2 rings (SSSR count). The van der Waals surface area contributed by atoms with Crippen LogP contribution >= 0.6 is 0 Å². The first-order valence-electron chi connectivity index (χ1n) is 8.15. The predicted octanol–water partition coefficient (Wildman–Crippen LogP) is 3.18. The molecule has 2 aromatic rings. The molecule has 0 radical (unpaired) electrons. The Morgan fingerprint density at radius 1 is 1.17 bits per heavy atom. The number of benzene rings is 1. The van der Waals surface area contributed by atoms with Crippen LogP contribution in [0.1, 0.15) is 31.4 Å². The summed E-state index contributed by atoms with van der Waals surface area (Å²) in [6, 6.07) is 13.7. The van der Waals surface area contributed by atoms with Crippen LogP contribution in [-0.4, -0.2) is 16.9 Å². The molecule has 0 fully saturated rings. The van der Waals surface area contributed by atoms with Crippen molar-refractivity contribution in [2.24, 2.45) is 11.7 Å². The van der Waals surface area contributed by atoms with Gasteiger partial charge in [-0.25, -0.2) is 4.98 Å². The summed E-state index contributed by atoms with van der Waals surface area (Å²) in [5.41, 5.74) is 8.40. The SMILES string of the molecule is CCC(C)C(N)C(=O)Nc1cc(CCc2ccccc2)ccn1. The highest BCUT2D eigenvalue weighted by Gasteiger charge is 2.19. The Kier molecular flexibility index (Phi) is 6.29. The van der Waals surface area contributed by atoms with Gasteiger partial charge in [-0.15, -0.1) is 0 Å². The minimum absolute atomic E-state index is 0.149. The molecule has 0 aliphatic rings. The molecule has 2 unspecified atom stereocenters. The second kappa shape index (κ2) is 8.44. The van der Waals surface area contributed by atoms with Crippen LogP contribution in [0.3, 0.4) is 0 Å². The van der Waals surface area contributed by atoms with E-state index >= 15 is 0 Å². The first-order chi connectivity index (χ1) is 11.1. The van der Waals surface area contributed by atoms with Gasteiger partial charge in [0, 0.05) is 6.20 Å². The number of aromatic nitrogens is 1. The molecule has 122 valence electrons. The standard InChI is InChI=1S/C19H25N3O/c1-3-14(2)18(20)19(23)22-17-13-16(11-12-21-17)10-9-15-7-5-4-6-8-15/h4-8,11-14,18H,3,9-10,20H2,1-2H3,(H,21,22,23). The molecule has 0 saturated heterocycles. The van der Waals surface area contributed by atoms with Gasteiger partial charge >= 0.3 is 0 Å². The van der Waals surface area contributed by atoms with Crippen LogP contribution < -0.4 is 11.1 Å². The van der Waals surface area contributed by atoms with E-state index in [1.54, 1.807) is 6.20 Å². The first kappa shape index (κ1) is 17.2. The summed E-state index contributed by atoms with van der Waals surface area (Å²) < 4.78 is 0. The molecule has 0 saturated carbocycles. The number of aryl methyl sites for hydroxylation is 2. The molecule has 0 aliphatic heterocycles. The van der Waals surface area contributed by atoms with Crippen LogP contribution in [0.2, 0.25) is 0 Å². The molecule has 0 aliphatic carbocycles. The number of pyridine rings is 1. The molecule has 1 aromatic heterocycles. The minimum atomic E-state index is -0.505. The molecule has 1 amide bonds. The summed E-state index contributed by atoms with van der Waals surface area (Å²) in [7, 11) is 0. The molecule has 2 atom stereocenters. The number of carbonyl (C=O) groups is 1. The summed E-state index contributed by atoms with van der Waals surface area (Å²) >= 11 is 0. The van der Waals surface area contributed by atoms with Crippen LogP contribution in [0.4, 0.5) is 5.82 Å². The van der Waals surface area contributed by atoms with Gasteiger partial charge in [-0.3, -0.25) is 4.79 Å². The summed E-state index contributed by atoms with van der Waals surface area (Å²) in [5, 5.41) is 2.82. The zero-order valence-corrected chi connectivity index (χ0v) is 13.8. The molecule has 4 heteroatoms. The number of nitrogens with one attached hydrogen (secondary N) is 1. The largest absolute Gasteiger partial charge is 0.320 e. The van der Waals surface area contributed by atoms with Gasteiger partial charge in [0.1, 0.15) is 5.82 Å². The molecule has 0 bridgehead atoms. The fraction of sp³-hybridized carbons (Fsp3) is 0.368. The van der Waals surface area contributed by atoms with Crippen LogP contribution in [0.5, 0.6) is 0 Å². The number of hydrogen-bond acceptors (Lipinski definition) is 3. The highest BCUT2D eigenvalue weighted by molar-refractivity contribution is 5.94. The van der Waals surface area contributed by atoms with Crippen LogP contribution in [0.15, 0.2) is 48.7 Å². The molecule has 3 N–H and O–H groups in total. The molecule has 23 heavy (non-hydrogen) atoms. The number of rotatable bonds is 7. The normalized spacial score (nSPS) is 13.3. The second-order valence-corrected chi connectivity index (χ2v) is 5.94. The van der Waals surface area contributed by atoms with Gasteiger partial charge in [0.15, 0.2) is 0 Å². The average Bonchev–Trinajstić information content (AvgIpc) is 2.59. The van der Waals surface area contributed by atoms with Gasteiger partial charge in [-0.2, -0.15) is 0 Å². The van der Waals surface area contributed by atoms with Gasteiger partial charge < -0.3 is 11.1 Å². The van der Waals surface area contributed by atoms with Crippen molar-refractivity contribution in [3.05, 3.63) is 59.8 Å². The molecule has 0 spiro atoms. The highest BCUT2D eigenvalue weighted by atomic mass is 16.2. The third-order valence-corrected chi connectivity index (χ3v) is 4.18. The maximum absolute atomic E-state index is 12.1. The van der Waals surface area contributed by atoms with E-state index in [4.69, 9.17) is 5.73 Å². The number of anilines is 1. The molecular weight excluding hydrogens is 286 g/mol. The van der Waals surface area contributed by atoms with Crippen LogP contribution in [-0.2, 0) is 17.6 Å². The Balaban J connectivity index is 1.95. The van der Waals surface area contributed by atoms with Crippen LogP contribution in [0.25, 0.3) is 0 Å². The van der Waals surface area contributed by atoms with Crippen molar-refractivity contribution >= 4 is 11.7 Å². The topological polar surface area (TPSA) is 68.0 Å². The lowest BCUT2D eigenvalue weighted by Gasteiger charge is -2.17. The third-order valence-electron chi connectivity index (χ3n) is 4.18. The van der Waals surface area contributed by atoms with E-state index in [-0.39, 0.29) is 11.8 Å². The van der Waals surface area contributed by atoms with Crippen molar-refractivity contribution in [2.75, 3.05) is 5.32 Å². The van der Waals surface area contributed by atoms with Crippen molar-refractivity contribution in [1.29, 1.82) is 0 Å². The summed E-state index contributed by atoms with van der Waals surface area (Å²) in [6.45, 7) is 4.01. The van der Waals surface area contributed by atoms with Crippen molar-refractivity contribution in [3.63, 3.8) is 0 Å². The zero-order valence-electron chi connectivity index (χ0n) is 13.8. The number of carbonyl (C=O) groups excluding carboxylic acids is 1. The highest BCUT2D eigenvalue weighted by Crippen LogP contribution is 2.12. The Bertz CT molecular complexity index is 628. The third kappa shape index (κ3) is 5.18. The van der Waals surface area contributed by atoms with E-state index in [9.17, 15) is 4.79 Å². The molecular formula is C19H25N3O. The van der Waals surface area contributed by atoms with Gasteiger partial charge in [0.2, 0.25) is 5.91 Å². The van der Waals surface area contributed by atoms with E-state index in [0.717, 1.165) is 24.8 Å². The predicted molar refractivity (Wildman–Crippen MR) is 94.1 cm³/mol. The smallest absolute Gasteiger partial charge is 0.242 e. The average molecular weight is 311 g/mol. The summed E-state index contributed by atoms with van der Waals surface area (Å²) in [6.07, 6.45) is 4.47. The lowest BCUT2D eigenvalue weighted by atomic mass is 9.99. The number of nitrogens with zero attached hydrogens (tertiary/aromatic N) is 1. The van der Waals surface area contributed by atoms with Gasteiger partial charge in [0.25, 0.3) is 0 Å². The van der Waals surface area contributed by atoms with Crippen LogP contribution in [0, 0.1) is 5.92 Å². The quantitative estimate of drug-likeness (QED) is 0.825.